The molecule has 1 aromatic carbocycles. The van der Waals surface area contributed by atoms with Crippen LogP contribution >= 0.6 is 0 Å². The number of para-hydroxylation sites is 1. The molecule has 9 heteroatoms. The molecule has 5 rings (SSSR count). The van der Waals surface area contributed by atoms with Gasteiger partial charge in [-0.15, -0.1) is 0 Å². The van der Waals surface area contributed by atoms with E-state index in [9.17, 15) is 8.42 Å². The summed E-state index contributed by atoms with van der Waals surface area (Å²) in [6.45, 7) is 0.784. The van der Waals surface area contributed by atoms with E-state index in [1.54, 1.807) is 36.8 Å². The summed E-state index contributed by atoms with van der Waals surface area (Å²) in [4.78, 5) is 13.0. The minimum atomic E-state index is -3.63. The summed E-state index contributed by atoms with van der Waals surface area (Å²) in [6, 6.07) is 12.5. The SMILES string of the molecule is O=S(=O)(c1cccc2cccnc12)N1CCC(c2nc(-c3ccncc3)no2)CC1. The Labute approximate surface area is 173 Å². The molecule has 4 aromatic rings. The van der Waals surface area contributed by atoms with E-state index in [1.165, 1.54) is 4.31 Å². The quantitative estimate of drug-likeness (QED) is 0.498. The van der Waals surface area contributed by atoms with E-state index in [4.69, 9.17) is 4.52 Å². The smallest absolute Gasteiger partial charge is 0.245 e. The summed E-state index contributed by atoms with van der Waals surface area (Å²) < 4.78 is 33.5. The lowest BCUT2D eigenvalue weighted by Gasteiger charge is -2.29. The number of rotatable bonds is 4. The van der Waals surface area contributed by atoms with Crippen molar-refractivity contribution in [3.8, 4) is 11.4 Å². The monoisotopic (exact) mass is 421 g/mol. The second-order valence-corrected chi connectivity index (χ2v) is 9.11. The van der Waals surface area contributed by atoms with Gasteiger partial charge in [0.25, 0.3) is 0 Å². The molecular formula is C21H19N5O3S. The Bertz CT molecular complexity index is 1280. The van der Waals surface area contributed by atoms with Crippen LogP contribution in [0.3, 0.4) is 0 Å². The number of piperidine rings is 1. The molecule has 0 spiro atoms. The Morgan fingerprint density at radius 3 is 2.53 bits per heavy atom. The van der Waals surface area contributed by atoms with Crippen LogP contribution in [0.15, 0.2) is 70.5 Å². The predicted octanol–water partition coefficient (Wildman–Crippen LogP) is 3.25. The molecule has 1 aliphatic rings. The van der Waals surface area contributed by atoms with E-state index in [-0.39, 0.29) is 10.8 Å². The largest absolute Gasteiger partial charge is 0.339 e. The molecule has 0 amide bonds. The van der Waals surface area contributed by atoms with Gasteiger partial charge in [0.1, 0.15) is 4.90 Å². The third-order valence-corrected chi connectivity index (χ3v) is 7.33. The Balaban J connectivity index is 1.34. The molecule has 152 valence electrons. The summed E-state index contributed by atoms with van der Waals surface area (Å²) >= 11 is 0. The standard InChI is InChI=1S/C21H19N5O3S/c27-30(28,18-5-1-3-15-4-2-10-23-19(15)18)26-13-8-17(9-14-26)21-24-20(25-29-21)16-6-11-22-12-7-16/h1-7,10-12,17H,8-9,13-14H2. The van der Waals surface area contributed by atoms with Gasteiger partial charge in [0.15, 0.2) is 0 Å². The molecule has 0 radical (unpaired) electrons. The molecule has 1 aliphatic heterocycles. The zero-order valence-corrected chi connectivity index (χ0v) is 16.9. The van der Waals surface area contributed by atoms with E-state index in [1.807, 2.05) is 24.3 Å². The van der Waals surface area contributed by atoms with Crippen molar-refractivity contribution in [3.63, 3.8) is 0 Å². The first-order valence-corrected chi connectivity index (χ1v) is 11.1. The number of fused-ring (bicyclic) bond motifs is 1. The number of hydrogen-bond acceptors (Lipinski definition) is 7. The van der Waals surface area contributed by atoms with Crippen molar-refractivity contribution in [2.45, 2.75) is 23.7 Å². The van der Waals surface area contributed by atoms with Crippen LogP contribution in [0.25, 0.3) is 22.3 Å². The molecule has 0 N–H and O–H groups in total. The van der Waals surface area contributed by atoms with Crippen molar-refractivity contribution in [2.75, 3.05) is 13.1 Å². The highest BCUT2D eigenvalue weighted by Gasteiger charge is 2.33. The van der Waals surface area contributed by atoms with E-state index < -0.39 is 10.0 Å². The van der Waals surface area contributed by atoms with E-state index >= 15 is 0 Å². The van der Waals surface area contributed by atoms with Crippen LogP contribution in [0.2, 0.25) is 0 Å². The molecule has 0 bridgehead atoms. The predicted molar refractivity (Wildman–Crippen MR) is 110 cm³/mol. The first-order valence-electron chi connectivity index (χ1n) is 9.71. The van der Waals surface area contributed by atoms with Crippen LogP contribution < -0.4 is 0 Å². The highest BCUT2D eigenvalue weighted by molar-refractivity contribution is 7.89. The topological polar surface area (TPSA) is 102 Å². The van der Waals surface area contributed by atoms with Gasteiger partial charge in [0.05, 0.1) is 5.52 Å². The van der Waals surface area contributed by atoms with Gasteiger partial charge in [-0.05, 0) is 37.1 Å². The molecule has 1 saturated heterocycles. The number of aromatic nitrogens is 4. The van der Waals surface area contributed by atoms with Crippen LogP contribution in [-0.2, 0) is 10.0 Å². The number of hydrogen-bond donors (Lipinski definition) is 0. The van der Waals surface area contributed by atoms with E-state index in [0.29, 0.717) is 43.2 Å². The summed E-state index contributed by atoms with van der Waals surface area (Å²) in [5, 5.41) is 4.87. The van der Waals surface area contributed by atoms with Gasteiger partial charge in [-0.25, -0.2) is 8.42 Å². The number of nitrogens with zero attached hydrogens (tertiary/aromatic N) is 5. The van der Waals surface area contributed by atoms with Crippen LogP contribution in [0.4, 0.5) is 0 Å². The Hall–Kier alpha value is -3.17. The number of sulfonamides is 1. The lowest BCUT2D eigenvalue weighted by Crippen LogP contribution is -2.38. The zero-order chi connectivity index (χ0) is 20.6. The number of pyridine rings is 2. The molecule has 3 aromatic heterocycles. The molecular weight excluding hydrogens is 402 g/mol. The molecule has 8 nitrogen and oxygen atoms in total. The Morgan fingerprint density at radius 2 is 1.73 bits per heavy atom. The van der Waals surface area contributed by atoms with Gasteiger partial charge >= 0.3 is 0 Å². The molecule has 0 atom stereocenters. The Kier molecular flexibility index (Phi) is 4.76. The third-order valence-electron chi connectivity index (χ3n) is 5.40. The lowest BCUT2D eigenvalue weighted by molar-refractivity contribution is 0.271. The van der Waals surface area contributed by atoms with Gasteiger partial charge < -0.3 is 4.52 Å². The average molecular weight is 421 g/mol. The maximum atomic E-state index is 13.3. The van der Waals surface area contributed by atoms with Crippen LogP contribution in [0.1, 0.15) is 24.7 Å². The van der Waals surface area contributed by atoms with Crippen LogP contribution in [-0.4, -0.2) is 45.9 Å². The zero-order valence-electron chi connectivity index (χ0n) is 16.0. The maximum absolute atomic E-state index is 13.3. The fraction of sp³-hybridized carbons (Fsp3) is 0.238. The second kappa shape index (κ2) is 7.58. The lowest BCUT2D eigenvalue weighted by atomic mass is 9.98. The average Bonchev–Trinajstić information content (AvgIpc) is 3.30. The van der Waals surface area contributed by atoms with Crippen LogP contribution in [0, 0.1) is 0 Å². The first kappa shape index (κ1) is 18.8. The maximum Gasteiger partial charge on any atom is 0.245 e. The molecule has 0 saturated carbocycles. The van der Waals surface area contributed by atoms with Crippen molar-refractivity contribution in [2.24, 2.45) is 0 Å². The fourth-order valence-electron chi connectivity index (χ4n) is 3.79. The van der Waals surface area contributed by atoms with Crippen molar-refractivity contribution < 1.29 is 12.9 Å². The highest BCUT2D eigenvalue weighted by Crippen LogP contribution is 2.32. The molecule has 30 heavy (non-hydrogen) atoms. The molecule has 4 heterocycles. The highest BCUT2D eigenvalue weighted by atomic mass is 32.2. The summed E-state index contributed by atoms with van der Waals surface area (Å²) in [6.07, 6.45) is 6.21. The van der Waals surface area contributed by atoms with Gasteiger partial charge in [0, 0.05) is 48.5 Å². The molecule has 0 unspecified atom stereocenters. The fourth-order valence-corrected chi connectivity index (χ4v) is 5.42. The van der Waals surface area contributed by atoms with Gasteiger partial charge in [-0.2, -0.15) is 9.29 Å². The molecule has 1 fully saturated rings. The second-order valence-electron chi connectivity index (χ2n) is 7.20. The van der Waals surface area contributed by atoms with Crippen molar-refractivity contribution >= 4 is 20.9 Å². The van der Waals surface area contributed by atoms with Crippen molar-refractivity contribution in [1.29, 1.82) is 0 Å². The minimum absolute atomic E-state index is 0.0326. The third kappa shape index (κ3) is 3.35. The summed E-state index contributed by atoms with van der Waals surface area (Å²) in [5.74, 6) is 1.10. The minimum Gasteiger partial charge on any atom is -0.339 e. The van der Waals surface area contributed by atoms with Crippen molar-refractivity contribution in [3.05, 3.63) is 66.9 Å². The van der Waals surface area contributed by atoms with Crippen LogP contribution in [0.5, 0.6) is 0 Å². The summed E-state index contributed by atoms with van der Waals surface area (Å²) in [7, 11) is -3.63. The Morgan fingerprint density at radius 1 is 0.967 bits per heavy atom. The van der Waals surface area contributed by atoms with E-state index in [2.05, 4.69) is 20.1 Å². The first-order chi connectivity index (χ1) is 14.6. The summed E-state index contributed by atoms with van der Waals surface area (Å²) in [5.41, 5.74) is 1.34. The normalized spacial score (nSPS) is 16.1. The van der Waals surface area contributed by atoms with Gasteiger partial charge in [0.2, 0.25) is 21.7 Å². The van der Waals surface area contributed by atoms with Gasteiger partial charge in [-0.1, -0.05) is 23.4 Å². The molecule has 0 aliphatic carbocycles. The van der Waals surface area contributed by atoms with Crippen molar-refractivity contribution in [1.82, 2.24) is 24.4 Å². The van der Waals surface area contributed by atoms with E-state index in [0.717, 1.165) is 10.9 Å². The number of benzene rings is 1. The van der Waals surface area contributed by atoms with Gasteiger partial charge in [-0.3, -0.25) is 9.97 Å².